The van der Waals surface area contributed by atoms with Gasteiger partial charge in [0, 0.05) is 30.3 Å². The van der Waals surface area contributed by atoms with Gasteiger partial charge in [-0.15, -0.1) is 0 Å². The van der Waals surface area contributed by atoms with Crippen molar-refractivity contribution in [1.29, 1.82) is 0 Å². The van der Waals surface area contributed by atoms with Crippen molar-refractivity contribution in [3.05, 3.63) is 35.5 Å². The molecular weight excluding hydrogens is 264 g/mol. The van der Waals surface area contributed by atoms with E-state index in [-0.39, 0.29) is 5.91 Å². The number of carbonyl (C=O) groups excluding carboxylic acids is 1. The van der Waals surface area contributed by atoms with E-state index in [9.17, 15) is 4.79 Å². The molecule has 0 radical (unpaired) electrons. The highest BCUT2D eigenvalue weighted by Gasteiger charge is 2.39. The van der Waals surface area contributed by atoms with Crippen molar-refractivity contribution in [3.63, 3.8) is 0 Å². The molecule has 0 saturated carbocycles. The Morgan fingerprint density at radius 2 is 2.19 bits per heavy atom. The number of nitrogens with one attached hydrogen (secondary N) is 1. The van der Waals surface area contributed by atoms with Gasteiger partial charge in [0.15, 0.2) is 0 Å². The number of benzene rings is 1. The third-order valence-corrected chi connectivity index (χ3v) is 4.48. The second kappa shape index (κ2) is 5.19. The molecule has 0 unspecified atom stereocenters. The Morgan fingerprint density at radius 1 is 1.43 bits per heavy atom. The Morgan fingerprint density at radius 3 is 2.86 bits per heavy atom. The molecule has 0 bridgehead atoms. The number of nitrogens with zero attached hydrogens (tertiary/aromatic N) is 1. The van der Waals surface area contributed by atoms with E-state index >= 15 is 0 Å². The van der Waals surface area contributed by atoms with E-state index in [2.05, 4.69) is 24.0 Å². The fourth-order valence-electron chi connectivity index (χ4n) is 3.16. The smallest absolute Gasteiger partial charge is 0.254 e. The molecule has 2 aromatic rings. The second-order valence-corrected chi connectivity index (χ2v) is 6.12. The Balaban J connectivity index is 1.81. The average Bonchev–Trinajstić information content (AvgIpc) is 3.05. The molecule has 4 nitrogen and oxygen atoms in total. The second-order valence-electron chi connectivity index (χ2n) is 6.12. The van der Waals surface area contributed by atoms with Gasteiger partial charge in [-0.2, -0.15) is 0 Å². The standard InChI is InChI=1S/C17H22N2O2/c1-12-13-7-4-5-8-14(13)18-15(12)11-19(3)16(20)17(2)9-6-10-21-17/h4-5,7-8,18H,6,9-11H2,1-3H3/t17-/m1/s1. The summed E-state index contributed by atoms with van der Waals surface area (Å²) in [6, 6.07) is 8.22. The summed E-state index contributed by atoms with van der Waals surface area (Å²) in [6.45, 7) is 5.26. The van der Waals surface area contributed by atoms with Gasteiger partial charge in [0.25, 0.3) is 5.91 Å². The largest absolute Gasteiger partial charge is 0.365 e. The molecule has 3 rings (SSSR count). The maximum Gasteiger partial charge on any atom is 0.254 e. The number of rotatable bonds is 3. The lowest BCUT2D eigenvalue weighted by Gasteiger charge is -2.28. The minimum atomic E-state index is -0.644. The number of fused-ring (bicyclic) bond motifs is 1. The summed E-state index contributed by atoms with van der Waals surface area (Å²) in [6.07, 6.45) is 1.77. The maximum atomic E-state index is 12.6. The summed E-state index contributed by atoms with van der Waals surface area (Å²) in [5, 5.41) is 1.22. The van der Waals surface area contributed by atoms with Crippen LogP contribution >= 0.6 is 0 Å². The monoisotopic (exact) mass is 286 g/mol. The van der Waals surface area contributed by atoms with Crippen LogP contribution in [0.1, 0.15) is 31.0 Å². The van der Waals surface area contributed by atoms with E-state index in [4.69, 9.17) is 4.74 Å². The van der Waals surface area contributed by atoms with Gasteiger partial charge in [0.2, 0.25) is 0 Å². The Bertz CT molecular complexity index is 668. The third-order valence-electron chi connectivity index (χ3n) is 4.48. The summed E-state index contributed by atoms with van der Waals surface area (Å²) < 4.78 is 5.65. The summed E-state index contributed by atoms with van der Waals surface area (Å²) in [5.74, 6) is 0.0676. The zero-order valence-electron chi connectivity index (χ0n) is 12.9. The van der Waals surface area contributed by atoms with E-state index in [0.717, 1.165) is 24.1 Å². The van der Waals surface area contributed by atoms with Crippen molar-refractivity contribution in [1.82, 2.24) is 9.88 Å². The summed E-state index contributed by atoms with van der Waals surface area (Å²) in [5.41, 5.74) is 2.78. The molecule has 1 aromatic carbocycles. The normalized spacial score (nSPS) is 21.9. The number of ether oxygens (including phenoxy) is 1. The van der Waals surface area contributed by atoms with E-state index in [0.29, 0.717) is 13.2 Å². The van der Waals surface area contributed by atoms with Crippen LogP contribution in [0.15, 0.2) is 24.3 Å². The zero-order valence-corrected chi connectivity index (χ0v) is 12.9. The fourth-order valence-corrected chi connectivity index (χ4v) is 3.16. The molecule has 0 spiro atoms. The van der Waals surface area contributed by atoms with Crippen LogP contribution in [-0.2, 0) is 16.1 Å². The van der Waals surface area contributed by atoms with Crippen LogP contribution in [-0.4, -0.2) is 35.0 Å². The zero-order chi connectivity index (χ0) is 15.0. The van der Waals surface area contributed by atoms with Crippen molar-refractivity contribution >= 4 is 16.8 Å². The highest BCUT2D eigenvalue weighted by molar-refractivity contribution is 5.86. The highest BCUT2D eigenvalue weighted by Crippen LogP contribution is 2.28. The molecule has 112 valence electrons. The molecule has 1 aromatic heterocycles. The number of aromatic amines is 1. The molecule has 4 heteroatoms. The molecule has 0 aliphatic carbocycles. The first-order valence-electron chi connectivity index (χ1n) is 7.47. The van der Waals surface area contributed by atoms with E-state index < -0.39 is 5.60 Å². The van der Waals surface area contributed by atoms with Gasteiger partial charge in [-0.1, -0.05) is 18.2 Å². The Kier molecular flexibility index (Phi) is 3.49. The Labute approximate surface area is 125 Å². The minimum Gasteiger partial charge on any atom is -0.365 e. The number of amides is 1. The number of H-pyrrole nitrogens is 1. The van der Waals surface area contributed by atoms with Gasteiger partial charge in [-0.25, -0.2) is 0 Å². The molecule has 1 saturated heterocycles. The SMILES string of the molecule is Cc1c(CN(C)C(=O)[C@@]2(C)CCCO2)[nH]c2ccccc12. The molecule has 1 amide bonds. The molecule has 21 heavy (non-hydrogen) atoms. The minimum absolute atomic E-state index is 0.0676. The topological polar surface area (TPSA) is 45.3 Å². The lowest BCUT2D eigenvalue weighted by molar-refractivity contribution is -0.150. The van der Waals surface area contributed by atoms with Crippen LogP contribution < -0.4 is 0 Å². The number of likely N-dealkylation sites (N-methyl/N-ethyl adjacent to an activating group) is 1. The van der Waals surface area contributed by atoms with E-state index in [1.54, 1.807) is 4.90 Å². The maximum absolute atomic E-state index is 12.6. The molecular formula is C17H22N2O2. The molecule has 1 fully saturated rings. The van der Waals surface area contributed by atoms with Crippen molar-refractivity contribution in [2.75, 3.05) is 13.7 Å². The summed E-state index contributed by atoms with van der Waals surface area (Å²) in [7, 11) is 1.85. The van der Waals surface area contributed by atoms with Crippen LogP contribution in [0.5, 0.6) is 0 Å². The number of carbonyl (C=O) groups is 1. The van der Waals surface area contributed by atoms with Crippen molar-refractivity contribution in [2.24, 2.45) is 0 Å². The third kappa shape index (κ3) is 2.44. The molecule has 2 heterocycles. The van der Waals surface area contributed by atoms with Gasteiger partial charge in [0.05, 0.1) is 6.54 Å². The van der Waals surface area contributed by atoms with Gasteiger partial charge in [-0.05, 0) is 38.3 Å². The lowest BCUT2D eigenvalue weighted by Crippen LogP contribution is -2.44. The van der Waals surface area contributed by atoms with Crippen LogP contribution in [0.2, 0.25) is 0 Å². The van der Waals surface area contributed by atoms with Crippen LogP contribution in [0.4, 0.5) is 0 Å². The average molecular weight is 286 g/mol. The molecule has 1 N–H and O–H groups in total. The summed E-state index contributed by atoms with van der Waals surface area (Å²) in [4.78, 5) is 17.8. The van der Waals surface area contributed by atoms with Crippen molar-refractivity contribution in [2.45, 2.75) is 38.8 Å². The molecule has 1 aliphatic heterocycles. The lowest BCUT2D eigenvalue weighted by atomic mass is 10.0. The van der Waals surface area contributed by atoms with E-state index in [1.807, 2.05) is 26.1 Å². The number of hydrogen-bond donors (Lipinski definition) is 1. The first-order chi connectivity index (χ1) is 10.0. The fraction of sp³-hybridized carbons (Fsp3) is 0.471. The predicted molar refractivity (Wildman–Crippen MR) is 83.1 cm³/mol. The van der Waals surface area contributed by atoms with Gasteiger partial charge in [-0.3, -0.25) is 4.79 Å². The van der Waals surface area contributed by atoms with Crippen molar-refractivity contribution < 1.29 is 9.53 Å². The summed E-state index contributed by atoms with van der Waals surface area (Å²) >= 11 is 0. The predicted octanol–water partition coefficient (Wildman–Crippen LogP) is 3.00. The highest BCUT2D eigenvalue weighted by atomic mass is 16.5. The quantitative estimate of drug-likeness (QED) is 0.942. The number of aromatic nitrogens is 1. The van der Waals surface area contributed by atoms with Crippen LogP contribution in [0.25, 0.3) is 10.9 Å². The number of hydrogen-bond acceptors (Lipinski definition) is 2. The number of para-hydroxylation sites is 1. The molecule has 1 atom stereocenters. The first kappa shape index (κ1) is 14.1. The van der Waals surface area contributed by atoms with E-state index in [1.165, 1.54) is 10.9 Å². The van der Waals surface area contributed by atoms with Crippen LogP contribution in [0.3, 0.4) is 0 Å². The van der Waals surface area contributed by atoms with Crippen LogP contribution in [0, 0.1) is 6.92 Å². The number of aryl methyl sites for hydroxylation is 1. The van der Waals surface area contributed by atoms with Gasteiger partial charge >= 0.3 is 0 Å². The van der Waals surface area contributed by atoms with Gasteiger partial charge < -0.3 is 14.6 Å². The van der Waals surface area contributed by atoms with Gasteiger partial charge in [0.1, 0.15) is 5.60 Å². The first-order valence-corrected chi connectivity index (χ1v) is 7.47. The van der Waals surface area contributed by atoms with Crippen molar-refractivity contribution in [3.8, 4) is 0 Å². The molecule has 1 aliphatic rings. The Hall–Kier alpha value is -1.81.